The van der Waals surface area contributed by atoms with Crippen molar-refractivity contribution in [2.45, 2.75) is 12.8 Å². The number of hydrogen-bond donors (Lipinski definition) is 1. The standard InChI is InChI=1S/C14H17BrN2O2S/c1-19-14(18)9-3-2-6-17(8-9)12-7-10(15)4-5-11(12)13(16)20/h4-5,7,9H,2-3,6,8H2,1H3,(H2,16,20). The Balaban J connectivity index is 2.28. The molecule has 1 aromatic carbocycles. The van der Waals surface area contributed by atoms with Crippen molar-refractivity contribution in [2.75, 3.05) is 25.1 Å². The number of anilines is 1. The molecule has 0 radical (unpaired) electrons. The average molecular weight is 357 g/mol. The van der Waals surface area contributed by atoms with E-state index in [-0.39, 0.29) is 11.9 Å². The van der Waals surface area contributed by atoms with E-state index in [1.165, 1.54) is 7.11 Å². The van der Waals surface area contributed by atoms with E-state index in [0.717, 1.165) is 35.1 Å². The number of nitrogens with two attached hydrogens (primary N) is 1. The monoisotopic (exact) mass is 356 g/mol. The summed E-state index contributed by atoms with van der Waals surface area (Å²) >= 11 is 8.58. The predicted octanol–water partition coefficient (Wildman–Crippen LogP) is 2.47. The van der Waals surface area contributed by atoms with Crippen LogP contribution in [0.15, 0.2) is 22.7 Å². The van der Waals surface area contributed by atoms with E-state index in [1.807, 2.05) is 18.2 Å². The molecule has 0 aliphatic carbocycles. The minimum Gasteiger partial charge on any atom is -0.469 e. The van der Waals surface area contributed by atoms with Crippen LogP contribution in [0.1, 0.15) is 18.4 Å². The highest BCUT2D eigenvalue weighted by molar-refractivity contribution is 9.10. The maximum Gasteiger partial charge on any atom is 0.310 e. The molecule has 6 heteroatoms. The number of hydrogen-bond acceptors (Lipinski definition) is 4. The molecule has 0 amide bonds. The first-order chi connectivity index (χ1) is 9.52. The second-order valence-corrected chi connectivity index (χ2v) is 6.19. The Morgan fingerprint density at radius 3 is 2.95 bits per heavy atom. The van der Waals surface area contributed by atoms with Crippen LogP contribution >= 0.6 is 28.1 Å². The number of carbonyl (C=O) groups excluding carboxylic acids is 1. The first-order valence-electron chi connectivity index (χ1n) is 6.45. The molecule has 2 N–H and O–H groups in total. The second-order valence-electron chi connectivity index (χ2n) is 4.83. The van der Waals surface area contributed by atoms with Gasteiger partial charge in [0.1, 0.15) is 4.99 Å². The smallest absolute Gasteiger partial charge is 0.310 e. The Labute approximate surface area is 132 Å². The van der Waals surface area contributed by atoms with Crippen molar-refractivity contribution >= 4 is 44.8 Å². The first-order valence-corrected chi connectivity index (χ1v) is 7.65. The number of rotatable bonds is 3. The summed E-state index contributed by atoms with van der Waals surface area (Å²) in [5.74, 6) is -0.242. The maximum atomic E-state index is 11.7. The first kappa shape index (κ1) is 15.3. The number of carbonyl (C=O) groups is 1. The third-order valence-electron chi connectivity index (χ3n) is 3.52. The van der Waals surface area contributed by atoms with Crippen LogP contribution < -0.4 is 10.6 Å². The van der Waals surface area contributed by atoms with Gasteiger partial charge in [-0.2, -0.15) is 0 Å². The number of piperidine rings is 1. The molecule has 0 spiro atoms. The lowest BCUT2D eigenvalue weighted by molar-refractivity contribution is -0.145. The molecule has 2 rings (SSSR count). The van der Waals surface area contributed by atoms with E-state index in [4.69, 9.17) is 22.7 Å². The van der Waals surface area contributed by atoms with Crippen LogP contribution in [0.5, 0.6) is 0 Å². The Bertz CT molecular complexity index is 536. The van der Waals surface area contributed by atoms with Crippen LogP contribution in [0.4, 0.5) is 5.69 Å². The number of ether oxygens (including phenoxy) is 1. The van der Waals surface area contributed by atoms with Crippen LogP contribution in [-0.2, 0) is 9.53 Å². The van der Waals surface area contributed by atoms with Crippen molar-refractivity contribution in [3.8, 4) is 0 Å². The zero-order valence-electron chi connectivity index (χ0n) is 11.3. The van der Waals surface area contributed by atoms with E-state index >= 15 is 0 Å². The fourth-order valence-corrected chi connectivity index (χ4v) is 3.05. The lowest BCUT2D eigenvalue weighted by Crippen LogP contribution is -2.40. The zero-order valence-corrected chi connectivity index (χ0v) is 13.7. The largest absolute Gasteiger partial charge is 0.469 e. The fraction of sp³-hybridized carbons (Fsp3) is 0.429. The van der Waals surface area contributed by atoms with Gasteiger partial charge in [-0.3, -0.25) is 4.79 Å². The molecular weight excluding hydrogens is 340 g/mol. The van der Waals surface area contributed by atoms with Gasteiger partial charge in [-0.25, -0.2) is 0 Å². The van der Waals surface area contributed by atoms with E-state index in [0.29, 0.717) is 11.5 Å². The number of thiocarbonyl (C=S) groups is 1. The van der Waals surface area contributed by atoms with Crippen LogP contribution in [0.2, 0.25) is 0 Å². The Hall–Kier alpha value is -1.14. The number of benzene rings is 1. The van der Waals surface area contributed by atoms with Gasteiger partial charge in [0.25, 0.3) is 0 Å². The molecule has 0 aromatic heterocycles. The molecule has 1 fully saturated rings. The number of nitrogens with zero attached hydrogens (tertiary/aromatic N) is 1. The highest BCUT2D eigenvalue weighted by atomic mass is 79.9. The second kappa shape index (κ2) is 6.54. The van der Waals surface area contributed by atoms with Crippen LogP contribution in [-0.4, -0.2) is 31.2 Å². The van der Waals surface area contributed by atoms with Gasteiger partial charge in [0, 0.05) is 28.8 Å². The van der Waals surface area contributed by atoms with Crippen LogP contribution in [0, 0.1) is 5.92 Å². The molecule has 0 saturated carbocycles. The normalized spacial score (nSPS) is 18.7. The quantitative estimate of drug-likeness (QED) is 0.665. The molecule has 1 aromatic rings. The fourth-order valence-electron chi connectivity index (χ4n) is 2.53. The van der Waals surface area contributed by atoms with Crippen molar-refractivity contribution in [1.82, 2.24) is 0 Å². The maximum absolute atomic E-state index is 11.7. The summed E-state index contributed by atoms with van der Waals surface area (Å²) in [6, 6.07) is 5.82. The SMILES string of the molecule is COC(=O)C1CCCN(c2cc(Br)ccc2C(N)=S)C1. The van der Waals surface area contributed by atoms with Crippen LogP contribution in [0.3, 0.4) is 0 Å². The van der Waals surface area contributed by atoms with Crippen molar-refractivity contribution in [2.24, 2.45) is 11.7 Å². The molecule has 1 unspecified atom stereocenters. The molecule has 4 nitrogen and oxygen atoms in total. The van der Waals surface area contributed by atoms with Gasteiger partial charge in [-0.05, 0) is 31.0 Å². The summed E-state index contributed by atoms with van der Waals surface area (Å²) in [5.41, 5.74) is 7.60. The summed E-state index contributed by atoms with van der Waals surface area (Å²) in [6.45, 7) is 1.53. The van der Waals surface area contributed by atoms with Gasteiger partial charge in [0.15, 0.2) is 0 Å². The van der Waals surface area contributed by atoms with E-state index in [1.54, 1.807) is 0 Å². The molecule has 1 aliphatic heterocycles. The molecule has 1 atom stereocenters. The van der Waals surface area contributed by atoms with Gasteiger partial charge >= 0.3 is 5.97 Å². The lowest BCUT2D eigenvalue weighted by atomic mass is 9.97. The van der Waals surface area contributed by atoms with Crippen molar-refractivity contribution in [3.63, 3.8) is 0 Å². The molecule has 1 saturated heterocycles. The van der Waals surface area contributed by atoms with Crippen molar-refractivity contribution < 1.29 is 9.53 Å². The van der Waals surface area contributed by atoms with Gasteiger partial charge in [0.05, 0.1) is 13.0 Å². The van der Waals surface area contributed by atoms with E-state index in [2.05, 4.69) is 20.8 Å². The average Bonchev–Trinajstić information content (AvgIpc) is 2.46. The zero-order chi connectivity index (χ0) is 14.7. The lowest BCUT2D eigenvalue weighted by Gasteiger charge is -2.34. The molecule has 1 heterocycles. The summed E-state index contributed by atoms with van der Waals surface area (Å²) in [4.78, 5) is 14.2. The number of esters is 1. The molecule has 108 valence electrons. The third kappa shape index (κ3) is 3.30. The highest BCUT2D eigenvalue weighted by Crippen LogP contribution is 2.29. The minimum absolute atomic E-state index is 0.0908. The highest BCUT2D eigenvalue weighted by Gasteiger charge is 2.27. The number of methoxy groups -OCH3 is 1. The van der Waals surface area contributed by atoms with Gasteiger partial charge in [0.2, 0.25) is 0 Å². The molecule has 1 aliphatic rings. The summed E-state index contributed by atoms with van der Waals surface area (Å²) in [5, 5.41) is 0. The Kier molecular flexibility index (Phi) is 4.99. The van der Waals surface area contributed by atoms with Crippen LogP contribution in [0.25, 0.3) is 0 Å². The van der Waals surface area contributed by atoms with E-state index in [9.17, 15) is 4.79 Å². The Morgan fingerprint density at radius 2 is 2.30 bits per heavy atom. The molecule has 20 heavy (non-hydrogen) atoms. The topological polar surface area (TPSA) is 55.6 Å². The third-order valence-corrected chi connectivity index (χ3v) is 4.23. The Morgan fingerprint density at radius 1 is 1.55 bits per heavy atom. The van der Waals surface area contributed by atoms with Gasteiger partial charge in [-0.15, -0.1) is 0 Å². The molecule has 0 bridgehead atoms. The summed E-state index contributed by atoms with van der Waals surface area (Å²) < 4.78 is 5.82. The van der Waals surface area contributed by atoms with Crippen molar-refractivity contribution in [1.29, 1.82) is 0 Å². The van der Waals surface area contributed by atoms with Crippen molar-refractivity contribution in [3.05, 3.63) is 28.2 Å². The van der Waals surface area contributed by atoms with Gasteiger partial charge < -0.3 is 15.4 Å². The van der Waals surface area contributed by atoms with E-state index < -0.39 is 0 Å². The summed E-state index contributed by atoms with van der Waals surface area (Å²) in [7, 11) is 1.43. The summed E-state index contributed by atoms with van der Waals surface area (Å²) in [6.07, 6.45) is 1.81. The van der Waals surface area contributed by atoms with Gasteiger partial charge in [-0.1, -0.05) is 28.1 Å². The molecular formula is C14H17BrN2O2S. The minimum atomic E-state index is -0.151. The predicted molar refractivity (Wildman–Crippen MR) is 87.0 cm³/mol. The number of halogens is 1.